The van der Waals surface area contributed by atoms with Crippen LogP contribution in [0.2, 0.25) is 0 Å². The van der Waals surface area contributed by atoms with Gasteiger partial charge in [0.05, 0.1) is 6.04 Å². The van der Waals surface area contributed by atoms with Gasteiger partial charge in [0.25, 0.3) is 0 Å². The third kappa shape index (κ3) is 2.42. The second kappa shape index (κ2) is 5.58. The standard InChI is InChI=1S/C19H20N2O/c22-19(18-7-3-4-10-20-18)21-15-8-9-17-14(12-15)11-13-5-1-2-6-16(13)17/h1-2,5-6,8-9,12,18,20H,3-4,7,10-11H2,(H,21,22). The highest BCUT2D eigenvalue weighted by atomic mass is 16.2. The molecule has 112 valence electrons. The van der Waals surface area contributed by atoms with Gasteiger partial charge in [0.15, 0.2) is 0 Å². The lowest BCUT2D eigenvalue weighted by Crippen LogP contribution is -2.43. The molecule has 1 saturated heterocycles. The molecule has 3 heteroatoms. The van der Waals surface area contributed by atoms with E-state index >= 15 is 0 Å². The number of carbonyl (C=O) groups is 1. The number of hydrogen-bond donors (Lipinski definition) is 2. The molecule has 0 bridgehead atoms. The van der Waals surface area contributed by atoms with Crippen molar-refractivity contribution in [3.63, 3.8) is 0 Å². The minimum Gasteiger partial charge on any atom is -0.325 e. The number of amides is 1. The van der Waals surface area contributed by atoms with Gasteiger partial charge in [-0.25, -0.2) is 0 Å². The molecule has 2 aromatic rings. The Bertz CT molecular complexity index is 717. The van der Waals surface area contributed by atoms with E-state index in [9.17, 15) is 4.79 Å². The van der Waals surface area contributed by atoms with Crippen LogP contribution in [-0.4, -0.2) is 18.5 Å². The maximum absolute atomic E-state index is 12.3. The van der Waals surface area contributed by atoms with Crippen LogP contribution in [0.15, 0.2) is 42.5 Å². The van der Waals surface area contributed by atoms with E-state index < -0.39 is 0 Å². The molecule has 2 aliphatic rings. The number of fused-ring (bicyclic) bond motifs is 3. The Hall–Kier alpha value is -2.13. The van der Waals surface area contributed by atoms with E-state index in [1.807, 2.05) is 6.07 Å². The van der Waals surface area contributed by atoms with Gasteiger partial charge in [0.1, 0.15) is 0 Å². The summed E-state index contributed by atoms with van der Waals surface area (Å²) < 4.78 is 0. The molecule has 1 amide bonds. The maximum atomic E-state index is 12.3. The monoisotopic (exact) mass is 292 g/mol. The van der Waals surface area contributed by atoms with Crippen LogP contribution in [0, 0.1) is 0 Å². The molecule has 0 radical (unpaired) electrons. The maximum Gasteiger partial charge on any atom is 0.241 e. The van der Waals surface area contributed by atoms with Gasteiger partial charge in [-0.2, -0.15) is 0 Å². The highest BCUT2D eigenvalue weighted by Gasteiger charge is 2.22. The lowest BCUT2D eigenvalue weighted by Gasteiger charge is -2.22. The van der Waals surface area contributed by atoms with Crippen LogP contribution in [0.5, 0.6) is 0 Å². The van der Waals surface area contributed by atoms with Gasteiger partial charge < -0.3 is 10.6 Å². The summed E-state index contributed by atoms with van der Waals surface area (Å²) in [4.78, 5) is 12.3. The molecule has 0 aromatic heterocycles. The van der Waals surface area contributed by atoms with E-state index in [0.29, 0.717) is 0 Å². The van der Waals surface area contributed by atoms with Crippen molar-refractivity contribution in [2.24, 2.45) is 0 Å². The Morgan fingerprint density at radius 2 is 1.91 bits per heavy atom. The van der Waals surface area contributed by atoms with Crippen LogP contribution in [0.25, 0.3) is 11.1 Å². The molecule has 0 spiro atoms. The highest BCUT2D eigenvalue weighted by Crippen LogP contribution is 2.37. The van der Waals surface area contributed by atoms with Crippen molar-refractivity contribution in [1.82, 2.24) is 5.32 Å². The summed E-state index contributed by atoms with van der Waals surface area (Å²) in [5.74, 6) is 0.0927. The molecule has 1 fully saturated rings. The fourth-order valence-corrected chi connectivity index (χ4v) is 3.53. The molecule has 3 nitrogen and oxygen atoms in total. The number of hydrogen-bond acceptors (Lipinski definition) is 2. The predicted octanol–water partition coefficient (Wildman–Crippen LogP) is 3.34. The van der Waals surface area contributed by atoms with Gasteiger partial charge in [-0.1, -0.05) is 36.8 Å². The molecule has 0 saturated carbocycles. The molecule has 1 heterocycles. The lowest BCUT2D eigenvalue weighted by molar-refractivity contribution is -0.118. The van der Waals surface area contributed by atoms with Crippen LogP contribution >= 0.6 is 0 Å². The largest absolute Gasteiger partial charge is 0.325 e. The molecule has 1 aliphatic heterocycles. The van der Waals surface area contributed by atoms with E-state index in [4.69, 9.17) is 0 Å². The number of nitrogens with one attached hydrogen (secondary N) is 2. The Balaban J connectivity index is 1.53. The molecule has 1 unspecified atom stereocenters. The molecule has 1 atom stereocenters. The third-order valence-corrected chi connectivity index (χ3v) is 4.69. The van der Waals surface area contributed by atoms with Crippen molar-refractivity contribution in [2.75, 3.05) is 11.9 Å². The fraction of sp³-hybridized carbons (Fsp3) is 0.316. The van der Waals surface area contributed by atoms with E-state index in [1.165, 1.54) is 28.7 Å². The van der Waals surface area contributed by atoms with Crippen molar-refractivity contribution in [3.8, 4) is 11.1 Å². The van der Waals surface area contributed by atoms with Gasteiger partial charge in [-0.15, -0.1) is 0 Å². The summed E-state index contributed by atoms with van der Waals surface area (Å²) >= 11 is 0. The second-order valence-electron chi connectivity index (χ2n) is 6.20. The topological polar surface area (TPSA) is 41.1 Å². The number of rotatable bonds is 2. The lowest BCUT2D eigenvalue weighted by atomic mass is 10.0. The van der Waals surface area contributed by atoms with Crippen LogP contribution in [0.1, 0.15) is 30.4 Å². The first-order chi connectivity index (χ1) is 10.8. The van der Waals surface area contributed by atoms with Crippen LogP contribution in [0.3, 0.4) is 0 Å². The second-order valence-corrected chi connectivity index (χ2v) is 6.20. The zero-order valence-corrected chi connectivity index (χ0v) is 12.6. The zero-order valence-electron chi connectivity index (χ0n) is 12.6. The first kappa shape index (κ1) is 13.5. The minimum atomic E-state index is -0.0424. The predicted molar refractivity (Wildman–Crippen MR) is 89.0 cm³/mol. The average Bonchev–Trinajstić information content (AvgIpc) is 2.93. The van der Waals surface area contributed by atoms with Gasteiger partial charge in [0, 0.05) is 5.69 Å². The quantitative estimate of drug-likeness (QED) is 0.760. The number of carbonyl (C=O) groups excluding carboxylic acids is 1. The Kier molecular flexibility index (Phi) is 3.43. The summed E-state index contributed by atoms with van der Waals surface area (Å²) in [6.45, 7) is 0.942. The molecule has 22 heavy (non-hydrogen) atoms. The Morgan fingerprint density at radius 1 is 1.05 bits per heavy atom. The fourth-order valence-electron chi connectivity index (χ4n) is 3.53. The first-order valence-electron chi connectivity index (χ1n) is 8.07. The molecule has 4 rings (SSSR count). The van der Waals surface area contributed by atoms with Gasteiger partial charge in [-0.05, 0) is 60.2 Å². The van der Waals surface area contributed by atoms with Crippen LogP contribution < -0.4 is 10.6 Å². The SMILES string of the molecule is O=C(Nc1ccc2c(c1)Cc1ccccc1-2)C1CCCCN1. The highest BCUT2D eigenvalue weighted by molar-refractivity contribution is 5.95. The summed E-state index contributed by atoms with van der Waals surface area (Å²) in [6, 6.07) is 14.7. The van der Waals surface area contributed by atoms with Gasteiger partial charge in [-0.3, -0.25) is 4.79 Å². The Labute approximate surface area is 130 Å². The van der Waals surface area contributed by atoms with Crippen LogP contribution in [0.4, 0.5) is 5.69 Å². The zero-order chi connectivity index (χ0) is 14.9. The smallest absolute Gasteiger partial charge is 0.241 e. The summed E-state index contributed by atoms with van der Waals surface area (Å²) in [5, 5.41) is 6.36. The summed E-state index contributed by atoms with van der Waals surface area (Å²) in [6.07, 6.45) is 4.19. The normalized spacial score (nSPS) is 19.4. The van der Waals surface area contributed by atoms with Crippen molar-refractivity contribution >= 4 is 11.6 Å². The van der Waals surface area contributed by atoms with Crippen LogP contribution in [-0.2, 0) is 11.2 Å². The van der Waals surface area contributed by atoms with Crippen molar-refractivity contribution < 1.29 is 4.79 Å². The summed E-state index contributed by atoms with van der Waals surface area (Å²) in [7, 11) is 0. The number of piperidine rings is 1. The first-order valence-corrected chi connectivity index (χ1v) is 8.07. The van der Waals surface area contributed by atoms with E-state index in [-0.39, 0.29) is 11.9 Å². The Morgan fingerprint density at radius 3 is 2.77 bits per heavy atom. The molecular formula is C19H20N2O. The summed E-state index contributed by atoms with van der Waals surface area (Å²) in [5.41, 5.74) is 6.20. The van der Waals surface area contributed by atoms with Gasteiger partial charge >= 0.3 is 0 Å². The van der Waals surface area contributed by atoms with E-state index in [1.54, 1.807) is 0 Å². The van der Waals surface area contributed by atoms with E-state index in [0.717, 1.165) is 31.5 Å². The van der Waals surface area contributed by atoms with Gasteiger partial charge in [0.2, 0.25) is 5.91 Å². The van der Waals surface area contributed by atoms with E-state index in [2.05, 4.69) is 47.0 Å². The minimum absolute atomic E-state index is 0.0424. The number of benzene rings is 2. The third-order valence-electron chi connectivity index (χ3n) is 4.69. The van der Waals surface area contributed by atoms with Crippen molar-refractivity contribution in [3.05, 3.63) is 53.6 Å². The average molecular weight is 292 g/mol. The molecule has 2 N–H and O–H groups in total. The molecule has 2 aromatic carbocycles. The molecular weight excluding hydrogens is 272 g/mol. The van der Waals surface area contributed by atoms with Crippen molar-refractivity contribution in [1.29, 1.82) is 0 Å². The number of anilines is 1. The molecule has 1 aliphatic carbocycles. The van der Waals surface area contributed by atoms with Crippen molar-refractivity contribution in [2.45, 2.75) is 31.7 Å².